The molecule has 0 saturated heterocycles. The summed E-state index contributed by atoms with van der Waals surface area (Å²) in [7, 11) is 0. The number of carbonyl (C=O) groups is 2. The lowest BCUT2D eigenvalue weighted by atomic mass is 10.00. The summed E-state index contributed by atoms with van der Waals surface area (Å²) in [6, 6.07) is 8.02. The lowest BCUT2D eigenvalue weighted by Gasteiger charge is -2.29. The SMILES string of the molecule is CCN(CC)C(=O)NCC(=O)N1CCc2ccccc2C1. The molecule has 1 aliphatic rings. The Hall–Kier alpha value is -2.04. The fourth-order valence-corrected chi connectivity index (χ4v) is 2.59. The second kappa shape index (κ2) is 7.11. The first-order valence-corrected chi connectivity index (χ1v) is 7.53. The van der Waals surface area contributed by atoms with Gasteiger partial charge in [0, 0.05) is 26.2 Å². The van der Waals surface area contributed by atoms with E-state index in [1.54, 1.807) is 4.90 Å². The van der Waals surface area contributed by atoms with Gasteiger partial charge in [-0.3, -0.25) is 4.79 Å². The third-order valence-electron chi connectivity index (χ3n) is 3.92. The van der Waals surface area contributed by atoms with E-state index in [1.165, 1.54) is 11.1 Å². The van der Waals surface area contributed by atoms with Crippen molar-refractivity contribution in [2.45, 2.75) is 26.8 Å². The molecule has 0 saturated carbocycles. The number of hydrogen-bond acceptors (Lipinski definition) is 2. The van der Waals surface area contributed by atoms with Crippen molar-refractivity contribution in [1.29, 1.82) is 0 Å². The van der Waals surface area contributed by atoms with E-state index in [2.05, 4.69) is 17.4 Å². The van der Waals surface area contributed by atoms with Crippen molar-refractivity contribution >= 4 is 11.9 Å². The minimum Gasteiger partial charge on any atom is -0.336 e. The number of amides is 3. The van der Waals surface area contributed by atoms with E-state index >= 15 is 0 Å². The van der Waals surface area contributed by atoms with E-state index in [-0.39, 0.29) is 18.5 Å². The summed E-state index contributed by atoms with van der Waals surface area (Å²) in [6.07, 6.45) is 0.881. The van der Waals surface area contributed by atoms with Crippen molar-refractivity contribution in [3.05, 3.63) is 35.4 Å². The van der Waals surface area contributed by atoms with Gasteiger partial charge in [-0.15, -0.1) is 0 Å². The van der Waals surface area contributed by atoms with Crippen molar-refractivity contribution in [2.75, 3.05) is 26.2 Å². The highest BCUT2D eigenvalue weighted by atomic mass is 16.2. The van der Waals surface area contributed by atoms with Crippen molar-refractivity contribution in [3.8, 4) is 0 Å². The summed E-state index contributed by atoms with van der Waals surface area (Å²) < 4.78 is 0. The monoisotopic (exact) mass is 289 g/mol. The molecule has 5 nitrogen and oxygen atoms in total. The summed E-state index contributed by atoms with van der Waals surface area (Å²) in [4.78, 5) is 27.5. The lowest BCUT2D eigenvalue weighted by molar-refractivity contribution is -0.131. The minimum absolute atomic E-state index is 0.0231. The Morgan fingerprint density at radius 2 is 1.86 bits per heavy atom. The van der Waals surface area contributed by atoms with Crippen LogP contribution in [0, 0.1) is 0 Å². The molecule has 3 amide bonds. The van der Waals surface area contributed by atoms with Crippen LogP contribution in [-0.4, -0.2) is 47.9 Å². The highest BCUT2D eigenvalue weighted by Gasteiger charge is 2.21. The molecular formula is C16H23N3O2. The first-order chi connectivity index (χ1) is 10.2. The number of rotatable bonds is 4. The first kappa shape index (κ1) is 15.4. The fraction of sp³-hybridized carbons (Fsp3) is 0.500. The molecule has 0 bridgehead atoms. The van der Waals surface area contributed by atoms with E-state index in [4.69, 9.17) is 0 Å². The summed E-state index contributed by atoms with van der Waals surface area (Å²) >= 11 is 0. The maximum Gasteiger partial charge on any atom is 0.317 e. The number of nitrogens with one attached hydrogen (secondary N) is 1. The number of fused-ring (bicyclic) bond motifs is 1. The Balaban J connectivity index is 1.86. The molecule has 0 unspecified atom stereocenters. The van der Waals surface area contributed by atoms with Gasteiger partial charge in [-0.2, -0.15) is 0 Å². The van der Waals surface area contributed by atoms with Gasteiger partial charge in [0.05, 0.1) is 6.54 Å². The highest BCUT2D eigenvalue weighted by molar-refractivity contribution is 5.84. The maximum absolute atomic E-state index is 12.2. The van der Waals surface area contributed by atoms with Crippen LogP contribution in [0.25, 0.3) is 0 Å². The second-order valence-corrected chi connectivity index (χ2v) is 5.17. The van der Waals surface area contributed by atoms with Crippen LogP contribution in [0.15, 0.2) is 24.3 Å². The molecule has 2 rings (SSSR count). The van der Waals surface area contributed by atoms with Crippen molar-refractivity contribution in [1.82, 2.24) is 15.1 Å². The van der Waals surface area contributed by atoms with Gasteiger partial charge in [-0.25, -0.2) is 4.79 Å². The quantitative estimate of drug-likeness (QED) is 0.916. The fourth-order valence-electron chi connectivity index (χ4n) is 2.59. The lowest BCUT2D eigenvalue weighted by Crippen LogP contribution is -2.46. The van der Waals surface area contributed by atoms with Crippen LogP contribution in [0.2, 0.25) is 0 Å². The Morgan fingerprint density at radius 3 is 2.52 bits per heavy atom. The van der Waals surface area contributed by atoms with Crippen LogP contribution < -0.4 is 5.32 Å². The zero-order valence-electron chi connectivity index (χ0n) is 12.8. The van der Waals surface area contributed by atoms with Crippen LogP contribution in [0.1, 0.15) is 25.0 Å². The van der Waals surface area contributed by atoms with Gasteiger partial charge in [-0.1, -0.05) is 24.3 Å². The molecule has 21 heavy (non-hydrogen) atoms. The second-order valence-electron chi connectivity index (χ2n) is 5.17. The Morgan fingerprint density at radius 1 is 1.19 bits per heavy atom. The molecule has 1 aromatic rings. The zero-order chi connectivity index (χ0) is 15.2. The Labute approximate surface area is 125 Å². The van der Waals surface area contributed by atoms with Crippen LogP contribution in [0.4, 0.5) is 4.79 Å². The average molecular weight is 289 g/mol. The van der Waals surface area contributed by atoms with Gasteiger partial charge in [0.15, 0.2) is 0 Å². The molecule has 0 radical (unpaired) electrons. The van der Waals surface area contributed by atoms with Gasteiger partial charge >= 0.3 is 6.03 Å². The topological polar surface area (TPSA) is 52.7 Å². The third kappa shape index (κ3) is 3.74. The zero-order valence-corrected chi connectivity index (χ0v) is 12.8. The highest BCUT2D eigenvalue weighted by Crippen LogP contribution is 2.18. The van der Waals surface area contributed by atoms with Gasteiger partial charge in [0.1, 0.15) is 0 Å². The maximum atomic E-state index is 12.2. The summed E-state index contributed by atoms with van der Waals surface area (Å²) in [5.74, 6) is -0.0231. The predicted octanol–water partition coefficient (Wildman–Crippen LogP) is 1.62. The molecule has 1 N–H and O–H groups in total. The van der Waals surface area contributed by atoms with Crippen molar-refractivity contribution in [2.24, 2.45) is 0 Å². The Kier molecular flexibility index (Phi) is 5.20. The predicted molar refractivity (Wildman–Crippen MR) is 81.9 cm³/mol. The molecular weight excluding hydrogens is 266 g/mol. The van der Waals surface area contributed by atoms with Crippen LogP contribution in [0.5, 0.6) is 0 Å². The van der Waals surface area contributed by atoms with E-state index in [9.17, 15) is 9.59 Å². The number of urea groups is 1. The molecule has 114 valence electrons. The first-order valence-electron chi connectivity index (χ1n) is 7.53. The molecule has 1 aromatic carbocycles. The van der Waals surface area contributed by atoms with Gasteiger partial charge in [0.25, 0.3) is 0 Å². The summed E-state index contributed by atoms with van der Waals surface area (Å²) in [5.41, 5.74) is 2.51. The largest absolute Gasteiger partial charge is 0.336 e. The van der Waals surface area contributed by atoms with Gasteiger partial charge in [-0.05, 0) is 31.4 Å². The standard InChI is InChI=1S/C16H23N3O2/c1-3-18(4-2)16(21)17-11-15(20)19-10-9-13-7-5-6-8-14(13)12-19/h5-8H,3-4,9-12H2,1-2H3,(H,17,21). The van der Waals surface area contributed by atoms with Crippen molar-refractivity contribution < 1.29 is 9.59 Å². The molecule has 0 atom stereocenters. The molecule has 0 aliphatic carbocycles. The van der Waals surface area contributed by atoms with Gasteiger partial charge in [0.2, 0.25) is 5.91 Å². The summed E-state index contributed by atoms with van der Waals surface area (Å²) in [5, 5.41) is 2.70. The van der Waals surface area contributed by atoms with Crippen LogP contribution in [0.3, 0.4) is 0 Å². The molecule has 1 aliphatic heterocycles. The molecule has 0 spiro atoms. The molecule has 0 aromatic heterocycles. The number of benzene rings is 1. The molecule has 1 heterocycles. The normalized spacial score (nSPS) is 13.5. The smallest absolute Gasteiger partial charge is 0.317 e. The number of carbonyl (C=O) groups excluding carboxylic acids is 2. The summed E-state index contributed by atoms with van der Waals surface area (Å²) in [6.45, 7) is 6.56. The van der Waals surface area contributed by atoms with E-state index < -0.39 is 0 Å². The average Bonchev–Trinajstić information content (AvgIpc) is 2.53. The molecule has 0 fully saturated rings. The number of nitrogens with zero attached hydrogens (tertiary/aromatic N) is 2. The van der Waals surface area contributed by atoms with E-state index in [0.717, 1.165) is 13.0 Å². The molecule has 5 heteroatoms. The third-order valence-corrected chi connectivity index (χ3v) is 3.92. The number of hydrogen-bond donors (Lipinski definition) is 1. The minimum atomic E-state index is -0.175. The van der Waals surface area contributed by atoms with Crippen molar-refractivity contribution in [3.63, 3.8) is 0 Å². The van der Waals surface area contributed by atoms with E-state index in [1.807, 2.05) is 30.9 Å². The Bertz CT molecular complexity index is 512. The van der Waals surface area contributed by atoms with E-state index in [0.29, 0.717) is 19.6 Å². The van der Waals surface area contributed by atoms with Crippen LogP contribution in [-0.2, 0) is 17.8 Å². The van der Waals surface area contributed by atoms with Crippen LogP contribution >= 0.6 is 0 Å². The van der Waals surface area contributed by atoms with Gasteiger partial charge < -0.3 is 15.1 Å².